The number of nitrogens with two attached hydrogens (primary N) is 1. The van der Waals surface area contributed by atoms with Crippen molar-refractivity contribution in [3.63, 3.8) is 0 Å². The van der Waals surface area contributed by atoms with E-state index in [9.17, 15) is 0 Å². The molecular weight excluding hydrogens is 246 g/mol. The first-order chi connectivity index (χ1) is 8.65. The van der Waals surface area contributed by atoms with E-state index in [0.29, 0.717) is 0 Å². The van der Waals surface area contributed by atoms with Crippen LogP contribution in [-0.2, 0) is 13.5 Å². The predicted molar refractivity (Wildman–Crippen MR) is 74.5 cm³/mol. The Labute approximate surface area is 112 Å². The Bertz CT molecular complexity index is 567. The van der Waals surface area contributed by atoms with Gasteiger partial charge in [0.1, 0.15) is 5.82 Å². The third-order valence-corrected chi connectivity index (χ3v) is 3.73. The molecule has 0 atom stereocenters. The molecule has 1 fully saturated rings. The topological polar surface area (TPSA) is 43.8 Å². The highest BCUT2D eigenvalue weighted by molar-refractivity contribution is 6.30. The van der Waals surface area contributed by atoms with Gasteiger partial charge in [0, 0.05) is 17.6 Å². The molecule has 0 amide bonds. The van der Waals surface area contributed by atoms with Crippen LogP contribution in [0.5, 0.6) is 0 Å². The number of hydrogen-bond donors (Lipinski definition) is 1. The molecule has 1 saturated carbocycles. The molecule has 0 spiro atoms. The summed E-state index contributed by atoms with van der Waals surface area (Å²) >= 11 is 5.93. The summed E-state index contributed by atoms with van der Waals surface area (Å²) in [6.45, 7) is 0. The fourth-order valence-corrected chi connectivity index (χ4v) is 2.39. The second kappa shape index (κ2) is 4.32. The van der Waals surface area contributed by atoms with Crippen molar-refractivity contribution >= 4 is 17.4 Å². The number of halogens is 1. The lowest BCUT2D eigenvalue weighted by molar-refractivity contribution is 0.722. The summed E-state index contributed by atoms with van der Waals surface area (Å²) in [4.78, 5) is 0. The van der Waals surface area contributed by atoms with Crippen LogP contribution in [0.25, 0.3) is 11.1 Å². The Kier molecular flexibility index (Phi) is 2.78. The maximum Gasteiger partial charge on any atom is 0.129 e. The molecule has 1 aromatic carbocycles. The van der Waals surface area contributed by atoms with Crippen molar-refractivity contribution in [3.8, 4) is 11.1 Å². The molecule has 3 nitrogen and oxygen atoms in total. The van der Waals surface area contributed by atoms with Crippen LogP contribution in [0.3, 0.4) is 0 Å². The van der Waals surface area contributed by atoms with Gasteiger partial charge in [-0.1, -0.05) is 23.7 Å². The third kappa shape index (κ3) is 2.10. The minimum absolute atomic E-state index is 0.730. The van der Waals surface area contributed by atoms with Gasteiger partial charge in [-0.25, -0.2) is 0 Å². The maximum absolute atomic E-state index is 6.14. The summed E-state index contributed by atoms with van der Waals surface area (Å²) in [5.74, 6) is 1.53. The highest BCUT2D eigenvalue weighted by Crippen LogP contribution is 2.37. The first-order valence-corrected chi connectivity index (χ1v) is 6.60. The average Bonchev–Trinajstić information content (AvgIpc) is 3.10. The molecule has 2 N–H and O–H groups in total. The lowest BCUT2D eigenvalue weighted by atomic mass is 10.0. The number of nitrogens with zero attached hydrogens (tertiary/aromatic N) is 2. The van der Waals surface area contributed by atoms with Crippen LogP contribution in [0.4, 0.5) is 5.82 Å². The fraction of sp³-hybridized carbons (Fsp3) is 0.357. The lowest BCUT2D eigenvalue weighted by Gasteiger charge is -2.04. The SMILES string of the molecule is Cn1nc(CC2CC2)c(-c2ccc(Cl)cc2)c1N. The van der Waals surface area contributed by atoms with E-state index >= 15 is 0 Å². The van der Waals surface area contributed by atoms with E-state index in [1.54, 1.807) is 4.68 Å². The van der Waals surface area contributed by atoms with E-state index in [1.807, 2.05) is 31.3 Å². The molecule has 3 rings (SSSR count). The molecule has 0 saturated heterocycles. The van der Waals surface area contributed by atoms with Crippen molar-refractivity contribution in [3.05, 3.63) is 35.0 Å². The lowest BCUT2D eigenvalue weighted by Crippen LogP contribution is -1.98. The van der Waals surface area contributed by atoms with Gasteiger partial charge in [0.15, 0.2) is 0 Å². The number of rotatable bonds is 3. The summed E-state index contributed by atoms with van der Waals surface area (Å²) in [6.07, 6.45) is 3.66. The number of hydrogen-bond acceptors (Lipinski definition) is 2. The Balaban J connectivity index is 2.05. The molecular formula is C14H16ClN3. The van der Waals surface area contributed by atoms with Gasteiger partial charge in [0.2, 0.25) is 0 Å². The summed E-state index contributed by atoms with van der Waals surface area (Å²) in [7, 11) is 1.89. The van der Waals surface area contributed by atoms with E-state index < -0.39 is 0 Å². The quantitative estimate of drug-likeness (QED) is 0.922. The molecule has 18 heavy (non-hydrogen) atoms. The molecule has 1 aliphatic carbocycles. The molecule has 94 valence electrons. The summed E-state index contributed by atoms with van der Waals surface area (Å²) in [5, 5.41) is 5.29. The van der Waals surface area contributed by atoms with Gasteiger partial charge >= 0.3 is 0 Å². The van der Waals surface area contributed by atoms with Crippen molar-refractivity contribution in [1.82, 2.24) is 9.78 Å². The van der Waals surface area contributed by atoms with Crippen LogP contribution in [0, 0.1) is 5.92 Å². The van der Waals surface area contributed by atoms with Crippen LogP contribution in [-0.4, -0.2) is 9.78 Å². The van der Waals surface area contributed by atoms with E-state index in [2.05, 4.69) is 5.10 Å². The molecule has 0 radical (unpaired) electrons. The Morgan fingerprint density at radius 3 is 2.61 bits per heavy atom. The zero-order chi connectivity index (χ0) is 12.7. The molecule has 0 aliphatic heterocycles. The van der Waals surface area contributed by atoms with Gasteiger partial charge in [-0.3, -0.25) is 4.68 Å². The van der Waals surface area contributed by atoms with Crippen LogP contribution in [0.15, 0.2) is 24.3 Å². The highest BCUT2D eigenvalue weighted by atomic mass is 35.5. The number of aromatic nitrogens is 2. The van der Waals surface area contributed by atoms with E-state index in [0.717, 1.165) is 40.0 Å². The fourth-order valence-electron chi connectivity index (χ4n) is 2.26. The first kappa shape index (κ1) is 11.6. The van der Waals surface area contributed by atoms with Crippen molar-refractivity contribution in [1.29, 1.82) is 0 Å². The largest absolute Gasteiger partial charge is 0.383 e. The van der Waals surface area contributed by atoms with Crippen molar-refractivity contribution in [2.24, 2.45) is 13.0 Å². The molecule has 0 unspecified atom stereocenters. The van der Waals surface area contributed by atoms with Crippen LogP contribution < -0.4 is 5.73 Å². The van der Waals surface area contributed by atoms with Crippen LogP contribution in [0.1, 0.15) is 18.5 Å². The molecule has 2 aromatic rings. The first-order valence-electron chi connectivity index (χ1n) is 6.22. The summed E-state index contributed by atoms with van der Waals surface area (Å²) < 4.78 is 1.77. The molecule has 1 heterocycles. The second-order valence-electron chi connectivity index (χ2n) is 4.98. The summed E-state index contributed by atoms with van der Waals surface area (Å²) in [6, 6.07) is 7.80. The number of benzene rings is 1. The number of anilines is 1. The number of nitrogen functional groups attached to an aromatic ring is 1. The minimum Gasteiger partial charge on any atom is -0.383 e. The van der Waals surface area contributed by atoms with E-state index in [1.165, 1.54) is 12.8 Å². The Morgan fingerprint density at radius 1 is 1.33 bits per heavy atom. The number of aryl methyl sites for hydroxylation is 1. The second-order valence-corrected chi connectivity index (χ2v) is 5.42. The van der Waals surface area contributed by atoms with E-state index in [-0.39, 0.29) is 0 Å². The van der Waals surface area contributed by atoms with Crippen molar-refractivity contribution in [2.75, 3.05) is 5.73 Å². The van der Waals surface area contributed by atoms with Crippen LogP contribution in [0.2, 0.25) is 5.02 Å². The average molecular weight is 262 g/mol. The summed E-state index contributed by atoms with van der Waals surface area (Å²) in [5.41, 5.74) is 9.42. The molecule has 0 bridgehead atoms. The smallest absolute Gasteiger partial charge is 0.129 e. The van der Waals surface area contributed by atoms with Crippen molar-refractivity contribution < 1.29 is 0 Å². The highest BCUT2D eigenvalue weighted by Gasteiger charge is 2.26. The minimum atomic E-state index is 0.730. The normalized spacial score (nSPS) is 15.0. The van der Waals surface area contributed by atoms with Gasteiger partial charge in [-0.05, 0) is 42.9 Å². The molecule has 1 aliphatic rings. The Morgan fingerprint density at radius 2 is 2.00 bits per heavy atom. The van der Waals surface area contributed by atoms with Gasteiger partial charge in [0.25, 0.3) is 0 Å². The maximum atomic E-state index is 6.14. The third-order valence-electron chi connectivity index (χ3n) is 3.48. The van der Waals surface area contributed by atoms with Crippen LogP contribution >= 0.6 is 11.6 Å². The zero-order valence-electron chi connectivity index (χ0n) is 10.4. The predicted octanol–water partition coefficient (Wildman–Crippen LogP) is 3.28. The van der Waals surface area contributed by atoms with Gasteiger partial charge in [0.05, 0.1) is 5.69 Å². The monoisotopic (exact) mass is 261 g/mol. The van der Waals surface area contributed by atoms with Gasteiger partial charge < -0.3 is 5.73 Å². The van der Waals surface area contributed by atoms with E-state index in [4.69, 9.17) is 17.3 Å². The zero-order valence-corrected chi connectivity index (χ0v) is 11.1. The molecule has 4 heteroatoms. The van der Waals surface area contributed by atoms with Gasteiger partial charge in [-0.2, -0.15) is 5.10 Å². The Hall–Kier alpha value is -1.48. The standard InChI is InChI=1S/C14H16ClN3/c1-18-14(16)13(10-4-6-11(15)7-5-10)12(17-18)8-9-2-3-9/h4-7,9H,2-3,8,16H2,1H3. The molecule has 1 aromatic heterocycles. The van der Waals surface area contributed by atoms with Gasteiger partial charge in [-0.15, -0.1) is 0 Å². The van der Waals surface area contributed by atoms with Crippen molar-refractivity contribution in [2.45, 2.75) is 19.3 Å².